The first kappa shape index (κ1) is 14.2. The number of nitro groups is 1. The van der Waals surface area contributed by atoms with Gasteiger partial charge in [0.15, 0.2) is 0 Å². The molecule has 104 valence electrons. The highest BCUT2D eigenvalue weighted by molar-refractivity contribution is 6.31. The maximum Gasteiger partial charge on any atom is 0.270 e. The van der Waals surface area contributed by atoms with Crippen molar-refractivity contribution in [1.29, 1.82) is 0 Å². The number of hydrogen-bond donors (Lipinski definition) is 1. The summed E-state index contributed by atoms with van der Waals surface area (Å²) in [5.41, 5.74) is 0.799. The first-order chi connectivity index (χ1) is 9.16. The Bertz CT molecular complexity index is 448. The summed E-state index contributed by atoms with van der Waals surface area (Å²) < 4.78 is 5.66. The van der Waals surface area contributed by atoms with E-state index in [0.29, 0.717) is 17.5 Å². The van der Waals surface area contributed by atoms with Crippen LogP contribution >= 0.6 is 11.6 Å². The Balaban J connectivity index is 1.83. The number of piperidine rings is 1. The van der Waals surface area contributed by atoms with Crippen LogP contribution in [0, 0.1) is 16.0 Å². The fraction of sp³-hybridized carbons (Fsp3) is 0.538. The quantitative estimate of drug-likeness (QED) is 0.667. The molecule has 19 heavy (non-hydrogen) atoms. The van der Waals surface area contributed by atoms with Crippen molar-refractivity contribution in [3.8, 4) is 0 Å². The van der Waals surface area contributed by atoms with Crippen molar-refractivity contribution in [2.24, 2.45) is 5.92 Å². The van der Waals surface area contributed by atoms with Gasteiger partial charge in [-0.25, -0.2) is 0 Å². The number of hydrogen-bond acceptors (Lipinski definition) is 4. The van der Waals surface area contributed by atoms with Gasteiger partial charge in [-0.3, -0.25) is 10.1 Å². The summed E-state index contributed by atoms with van der Waals surface area (Å²) in [7, 11) is 0. The van der Waals surface area contributed by atoms with Crippen molar-refractivity contribution in [1.82, 2.24) is 5.32 Å². The molecule has 0 radical (unpaired) electrons. The molecule has 1 aliphatic rings. The molecule has 1 heterocycles. The van der Waals surface area contributed by atoms with Gasteiger partial charge in [0, 0.05) is 18.7 Å². The Hall–Kier alpha value is -1.17. The zero-order chi connectivity index (χ0) is 13.7. The fourth-order valence-corrected chi connectivity index (χ4v) is 2.38. The highest BCUT2D eigenvalue weighted by Crippen LogP contribution is 2.23. The van der Waals surface area contributed by atoms with Crippen LogP contribution in [-0.2, 0) is 11.3 Å². The molecular weight excluding hydrogens is 268 g/mol. The zero-order valence-corrected chi connectivity index (χ0v) is 11.4. The van der Waals surface area contributed by atoms with Gasteiger partial charge < -0.3 is 10.1 Å². The number of benzene rings is 1. The summed E-state index contributed by atoms with van der Waals surface area (Å²) in [4.78, 5) is 10.1. The average Bonchev–Trinajstić information content (AvgIpc) is 2.41. The first-order valence-corrected chi connectivity index (χ1v) is 6.76. The number of ether oxygens (including phenoxy) is 1. The zero-order valence-electron chi connectivity index (χ0n) is 10.6. The molecule has 0 saturated carbocycles. The minimum atomic E-state index is -0.453. The lowest BCUT2D eigenvalue weighted by Gasteiger charge is -2.22. The van der Waals surface area contributed by atoms with Crippen molar-refractivity contribution in [2.45, 2.75) is 19.4 Å². The molecule has 2 rings (SSSR count). The van der Waals surface area contributed by atoms with Crippen LogP contribution in [0.25, 0.3) is 0 Å². The standard InChI is InChI=1S/C13H17ClN2O3/c14-13-7-12(16(17)18)2-1-11(13)9-19-8-10-3-5-15-6-4-10/h1-2,7,10,15H,3-6,8-9H2. The summed E-state index contributed by atoms with van der Waals surface area (Å²) in [6, 6.07) is 4.47. The number of nitro benzene ring substituents is 1. The van der Waals surface area contributed by atoms with Gasteiger partial charge in [0.1, 0.15) is 0 Å². The second kappa shape index (κ2) is 6.84. The minimum absolute atomic E-state index is 0.00658. The maximum atomic E-state index is 10.6. The van der Waals surface area contributed by atoms with Crippen molar-refractivity contribution >= 4 is 17.3 Å². The largest absolute Gasteiger partial charge is 0.376 e. The van der Waals surface area contributed by atoms with Crippen LogP contribution in [0.15, 0.2) is 18.2 Å². The highest BCUT2D eigenvalue weighted by atomic mass is 35.5. The van der Waals surface area contributed by atoms with E-state index in [0.717, 1.165) is 38.1 Å². The third-order valence-electron chi connectivity index (χ3n) is 3.32. The van der Waals surface area contributed by atoms with E-state index in [9.17, 15) is 10.1 Å². The molecule has 0 bridgehead atoms. The molecule has 1 aromatic rings. The summed E-state index contributed by atoms with van der Waals surface area (Å²) in [6.07, 6.45) is 2.27. The topological polar surface area (TPSA) is 64.4 Å². The second-order valence-corrected chi connectivity index (χ2v) is 5.15. The van der Waals surface area contributed by atoms with Gasteiger partial charge in [-0.05, 0) is 43.5 Å². The predicted octanol–water partition coefficient (Wildman–Crippen LogP) is 2.76. The van der Waals surface area contributed by atoms with Crippen LogP contribution in [0.3, 0.4) is 0 Å². The summed E-state index contributed by atoms with van der Waals surface area (Å²) in [6.45, 7) is 3.22. The van der Waals surface area contributed by atoms with Gasteiger partial charge in [-0.15, -0.1) is 0 Å². The fourth-order valence-electron chi connectivity index (χ4n) is 2.15. The van der Waals surface area contributed by atoms with E-state index >= 15 is 0 Å². The van der Waals surface area contributed by atoms with E-state index in [1.165, 1.54) is 12.1 Å². The average molecular weight is 285 g/mol. The monoisotopic (exact) mass is 284 g/mol. The Morgan fingerprint density at radius 3 is 2.79 bits per heavy atom. The van der Waals surface area contributed by atoms with Crippen LogP contribution in [-0.4, -0.2) is 24.6 Å². The van der Waals surface area contributed by atoms with Gasteiger partial charge in [0.2, 0.25) is 0 Å². The predicted molar refractivity (Wildman–Crippen MR) is 73.4 cm³/mol. The lowest BCUT2D eigenvalue weighted by Crippen LogP contribution is -2.29. The molecular formula is C13H17ClN2O3. The molecule has 1 aliphatic heterocycles. The molecule has 1 N–H and O–H groups in total. The molecule has 6 heteroatoms. The number of halogens is 1. The Labute approximate surface area is 117 Å². The second-order valence-electron chi connectivity index (χ2n) is 4.74. The van der Waals surface area contributed by atoms with E-state index in [1.807, 2.05) is 0 Å². The van der Waals surface area contributed by atoms with E-state index < -0.39 is 4.92 Å². The van der Waals surface area contributed by atoms with Crippen molar-refractivity contribution in [3.63, 3.8) is 0 Å². The summed E-state index contributed by atoms with van der Waals surface area (Å²) in [5.74, 6) is 0.595. The van der Waals surface area contributed by atoms with E-state index in [2.05, 4.69) is 5.32 Å². The van der Waals surface area contributed by atoms with E-state index in [-0.39, 0.29) is 5.69 Å². The first-order valence-electron chi connectivity index (χ1n) is 6.38. The lowest BCUT2D eigenvalue weighted by atomic mass is 9.99. The number of rotatable bonds is 5. The van der Waals surface area contributed by atoms with Gasteiger partial charge in [0.05, 0.1) is 16.6 Å². The van der Waals surface area contributed by atoms with Gasteiger partial charge in [-0.1, -0.05) is 11.6 Å². The van der Waals surface area contributed by atoms with Crippen LogP contribution in [0.4, 0.5) is 5.69 Å². The Morgan fingerprint density at radius 1 is 1.42 bits per heavy atom. The van der Waals surface area contributed by atoms with Crippen LogP contribution in [0.5, 0.6) is 0 Å². The molecule has 0 aliphatic carbocycles. The molecule has 1 saturated heterocycles. The Morgan fingerprint density at radius 2 is 2.16 bits per heavy atom. The van der Waals surface area contributed by atoms with E-state index in [1.54, 1.807) is 6.07 Å². The lowest BCUT2D eigenvalue weighted by molar-refractivity contribution is -0.384. The molecule has 0 spiro atoms. The smallest absolute Gasteiger partial charge is 0.270 e. The van der Waals surface area contributed by atoms with Crippen LogP contribution < -0.4 is 5.32 Å². The van der Waals surface area contributed by atoms with Crippen LogP contribution in [0.1, 0.15) is 18.4 Å². The van der Waals surface area contributed by atoms with Gasteiger partial charge >= 0.3 is 0 Å². The van der Waals surface area contributed by atoms with E-state index in [4.69, 9.17) is 16.3 Å². The highest BCUT2D eigenvalue weighted by Gasteiger charge is 2.14. The molecule has 1 fully saturated rings. The number of non-ortho nitro benzene ring substituents is 1. The number of nitrogens with zero attached hydrogens (tertiary/aromatic N) is 1. The van der Waals surface area contributed by atoms with Gasteiger partial charge in [0.25, 0.3) is 5.69 Å². The van der Waals surface area contributed by atoms with Crippen molar-refractivity contribution in [3.05, 3.63) is 38.9 Å². The molecule has 0 aromatic heterocycles. The van der Waals surface area contributed by atoms with Crippen LogP contribution in [0.2, 0.25) is 5.02 Å². The summed E-state index contributed by atoms with van der Waals surface area (Å²) in [5, 5.41) is 14.3. The Kier molecular flexibility index (Phi) is 5.13. The molecule has 5 nitrogen and oxygen atoms in total. The van der Waals surface area contributed by atoms with Crippen molar-refractivity contribution in [2.75, 3.05) is 19.7 Å². The molecule has 0 unspecified atom stereocenters. The molecule has 0 amide bonds. The third kappa shape index (κ3) is 4.16. The normalized spacial score (nSPS) is 16.5. The third-order valence-corrected chi connectivity index (χ3v) is 3.67. The molecule has 0 atom stereocenters. The summed E-state index contributed by atoms with van der Waals surface area (Å²) >= 11 is 6.00. The molecule has 1 aromatic carbocycles. The van der Waals surface area contributed by atoms with Gasteiger partial charge in [-0.2, -0.15) is 0 Å². The van der Waals surface area contributed by atoms with Crippen molar-refractivity contribution < 1.29 is 9.66 Å². The minimum Gasteiger partial charge on any atom is -0.376 e. The maximum absolute atomic E-state index is 10.6. The number of nitrogens with one attached hydrogen (secondary N) is 1. The SMILES string of the molecule is O=[N+]([O-])c1ccc(COCC2CCNCC2)c(Cl)c1.